The third kappa shape index (κ3) is 3.15. The normalized spacial score (nSPS) is 22.8. The summed E-state index contributed by atoms with van der Waals surface area (Å²) in [5, 5.41) is 4.69. The van der Waals surface area contributed by atoms with E-state index in [0.29, 0.717) is 5.54 Å². The number of anilines is 1. The van der Waals surface area contributed by atoms with Gasteiger partial charge >= 0.3 is 0 Å². The zero-order chi connectivity index (χ0) is 14.0. The minimum Gasteiger partial charge on any atom is -0.368 e. The topological polar surface area (TPSA) is 15.3 Å². The van der Waals surface area contributed by atoms with E-state index in [1.54, 1.807) is 0 Å². The summed E-state index contributed by atoms with van der Waals surface area (Å²) < 4.78 is 1.05. The Morgan fingerprint density at radius 1 is 1.15 bits per heavy atom. The molecule has 0 radical (unpaired) electrons. The third-order valence-corrected chi connectivity index (χ3v) is 5.46. The quantitative estimate of drug-likeness (QED) is 0.790. The Hall–Kier alpha value is -0.250. The van der Waals surface area contributed by atoms with Crippen LogP contribution >= 0.6 is 27.5 Å². The summed E-state index contributed by atoms with van der Waals surface area (Å²) in [5.74, 6) is 0. The van der Waals surface area contributed by atoms with Gasteiger partial charge < -0.3 is 10.2 Å². The van der Waals surface area contributed by atoms with Gasteiger partial charge in [0.05, 0.1) is 10.7 Å². The van der Waals surface area contributed by atoms with Crippen LogP contribution in [0, 0.1) is 0 Å². The van der Waals surface area contributed by atoms with E-state index in [0.717, 1.165) is 29.1 Å². The second-order valence-corrected chi connectivity index (χ2v) is 7.46. The van der Waals surface area contributed by atoms with E-state index in [4.69, 9.17) is 11.6 Å². The van der Waals surface area contributed by atoms with Gasteiger partial charge in [0.1, 0.15) is 0 Å². The van der Waals surface area contributed by atoms with Crippen LogP contribution in [-0.2, 0) is 0 Å². The number of rotatable bonds is 1. The van der Waals surface area contributed by atoms with Crippen LogP contribution in [0.25, 0.3) is 0 Å². The molecule has 2 fully saturated rings. The van der Waals surface area contributed by atoms with Crippen molar-refractivity contribution < 1.29 is 0 Å². The van der Waals surface area contributed by atoms with Gasteiger partial charge in [0.25, 0.3) is 0 Å². The highest BCUT2D eigenvalue weighted by molar-refractivity contribution is 9.10. The van der Waals surface area contributed by atoms with Crippen molar-refractivity contribution in [3.8, 4) is 0 Å². The Morgan fingerprint density at radius 3 is 2.70 bits per heavy atom. The molecule has 1 saturated heterocycles. The standard InChI is InChI=1S/C16H22BrClN2/c17-13-5-6-15(14(18)11-13)20-10-4-9-19-16(12-20)7-2-1-3-8-16/h5-6,11,19H,1-4,7-10,12H2. The van der Waals surface area contributed by atoms with Crippen LogP contribution < -0.4 is 10.2 Å². The van der Waals surface area contributed by atoms with Crippen LogP contribution in [0.4, 0.5) is 5.69 Å². The van der Waals surface area contributed by atoms with E-state index in [9.17, 15) is 0 Å². The second-order valence-electron chi connectivity index (χ2n) is 6.14. The summed E-state index contributed by atoms with van der Waals surface area (Å²) in [6, 6.07) is 6.24. The third-order valence-electron chi connectivity index (χ3n) is 4.66. The maximum absolute atomic E-state index is 6.45. The summed E-state index contributed by atoms with van der Waals surface area (Å²) in [6.45, 7) is 3.31. The van der Waals surface area contributed by atoms with E-state index in [1.165, 1.54) is 44.2 Å². The SMILES string of the molecule is Clc1cc(Br)ccc1N1CCCNC2(CCCCC2)C1. The number of hydrogen-bond acceptors (Lipinski definition) is 2. The minimum absolute atomic E-state index is 0.311. The maximum atomic E-state index is 6.45. The summed E-state index contributed by atoms with van der Waals surface area (Å²) in [4.78, 5) is 2.49. The van der Waals surface area contributed by atoms with Crippen molar-refractivity contribution in [2.24, 2.45) is 0 Å². The molecule has 3 rings (SSSR count). The molecule has 0 unspecified atom stereocenters. The largest absolute Gasteiger partial charge is 0.368 e. The fraction of sp³-hybridized carbons (Fsp3) is 0.625. The van der Waals surface area contributed by atoms with Gasteiger partial charge in [-0.2, -0.15) is 0 Å². The first-order chi connectivity index (χ1) is 9.69. The molecule has 1 aromatic rings. The molecule has 1 saturated carbocycles. The molecule has 2 aliphatic rings. The molecule has 1 aliphatic carbocycles. The Kier molecular flexibility index (Phi) is 4.58. The van der Waals surface area contributed by atoms with Crippen molar-refractivity contribution in [3.63, 3.8) is 0 Å². The van der Waals surface area contributed by atoms with Gasteiger partial charge in [-0.3, -0.25) is 0 Å². The number of hydrogen-bond donors (Lipinski definition) is 1. The highest BCUT2D eigenvalue weighted by Crippen LogP contribution is 2.35. The number of nitrogens with one attached hydrogen (secondary N) is 1. The fourth-order valence-electron chi connectivity index (χ4n) is 3.63. The van der Waals surface area contributed by atoms with Gasteiger partial charge in [0, 0.05) is 23.1 Å². The number of halogens is 2. The molecule has 1 spiro atoms. The summed E-state index contributed by atoms with van der Waals surface area (Å²) >= 11 is 9.94. The molecule has 1 heterocycles. The van der Waals surface area contributed by atoms with Crippen LogP contribution in [0.3, 0.4) is 0 Å². The number of nitrogens with zero attached hydrogens (tertiary/aromatic N) is 1. The van der Waals surface area contributed by atoms with Gasteiger partial charge in [-0.15, -0.1) is 0 Å². The first kappa shape index (κ1) is 14.7. The summed E-state index contributed by atoms with van der Waals surface area (Å²) in [5.41, 5.74) is 1.49. The molecule has 2 nitrogen and oxygen atoms in total. The number of benzene rings is 1. The zero-order valence-electron chi connectivity index (χ0n) is 11.8. The van der Waals surface area contributed by atoms with Crippen LogP contribution in [0.1, 0.15) is 38.5 Å². The van der Waals surface area contributed by atoms with Gasteiger partial charge in [-0.25, -0.2) is 0 Å². The first-order valence-corrected chi connectivity index (χ1v) is 8.81. The first-order valence-electron chi connectivity index (χ1n) is 7.64. The summed E-state index contributed by atoms with van der Waals surface area (Å²) in [6.07, 6.45) is 7.90. The average Bonchev–Trinajstić information content (AvgIpc) is 2.63. The lowest BCUT2D eigenvalue weighted by Crippen LogP contribution is -2.52. The zero-order valence-corrected chi connectivity index (χ0v) is 14.1. The lowest BCUT2D eigenvalue weighted by atomic mass is 9.81. The molecule has 4 heteroatoms. The fourth-order valence-corrected chi connectivity index (χ4v) is 4.42. The van der Waals surface area contributed by atoms with E-state index >= 15 is 0 Å². The van der Waals surface area contributed by atoms with Gasteiger partial charge in [-0.1, -0.05) is 46.8 Å². The minimum atomic E-state index is 0.311. The monoisotopic (exact) mass is 356 g/mol. The summed E-state index contributed by atoms with van der Waals surface area (Å²) in [7, 11) is 0. The Balaban J connectivity index is 1.84. The lowest BCUT2D eigenvalue weighted by Gasteiger charge is -2.40. The molecule has 1 N–H and O–H groups in total. The van der Waals surface area contributed by atoms with Crippen molar-refractivity contribution in [2.75, 3.05) is 24.5 Å². The highest BCUT2D eigenvalue weighted by atomic mass is 79.9. The van der Waals surface area contributed by atoms with E-state index < -0.39 is 0 Å². The van der Waals surface area contributed by atoms with Gasteiger partial charge in [0.15, 0.2) is 0 Å². The molecule has 0 atom stereocenters. The van der Waals surface area contributed by atoms with Crippen LogP contribution in [-0.4, -0.2) is 25.2 Å². The lowest BCUT2D eigenvalue weighted by molar-refractivity contribution is 0.246. The van der Waals surface area contributed by atoms with E-state index in [2.05, 4.69) is 38.3 Å². The van der Waals surface area contributed by atoms with Crippen molar-refractivity contribution in [2.45, 2.75) is 44.1 Å². The van der Waals surface area contributed by atoms with Crippen molar-refractivity contribution in [1.29, 1.82) is 0 Å². The highest BCUT2D eigenvalue weighted by Gasteiger charge is 2.35. The molecule has 1 aromatic carbocycles. The maximum Gasteiger partial charge on any atom is 0.0650 e. The van der Waals surface area contributed by atoms with Crippen LogP contribution in [0.5, 0.6) is 0 Å². The molecule has 1 aliphatic heterocycles. The van der Waals surface area contributed by atoms with Crippen molar-refractivity contribution >= 4 is 33.2 Å². The Bertz CT molecular complexity index is 472. The predicted octanol–water partition coefficient (Wildman–Crippen LogP) is 4.61. The molecular weight excluding hydrogens is 336 g/mol. The van der Waals surface area contributed by atoms with Crippen LogP contribution in [0.2, 0.25) is 5.02 Å². The van der Waals surface area contributed by atoms with Gasteiger partial charge in [-0.05, 0) is 44.0 Å². The molecule has 0 bridgehead atoms. The average molecular weight is 358 g/mol. The Morgan fingerprint density at radius 2 is 1.95 bits per heavy atom. The van der Waals surface area contributed by atoms with Gasteiger partial charge in [0.2, 0.25) is 0 Å². The smallest absolute Gasteiger partial charge is 0.0650 e. The molecular formula is C16H22BrClN2. The Labute approximate surface area is 135 Å². The predicted molar refractivity (Wildman–Crippen MR) is 89.8 cm³/mol. The second kappa shape index (κ2) is 6.25. The van der Waals surface area contributed by atoms with Crippen molar-refractivity contribution in [3.05, 3.63) is 27.7 Å². The van der Waals surface area contributed by atoms with E-state index in [-0.39, 0.29) is 0 Å². The molecule has 110 valence electrons. The molecule has 0 aromatic heterocycles. The van der Waals surface area contributed by atoms with Crippen LogP contribution in [0.15, 0.2) is 22.7 Å². The van der Waals surface area contributed by atoms with Crippen molar-refractivity contribution in [1.82, 2.24) is 5.32 Å². The molecule has 20 heavy (non-hydrogen) atoms. The molecule has 0 amide bonds. The van der Waals surface area contributed by atoms with E-state index in [1.807, 2.05) is 6.07 Å².